The van der Waals surface area contributed by atoms with Crippen molar-refractivity contribution in [2.24, 2.45) is 0 Å². The Bertz CT molecular complexity index is 981. The number of nitrogens with one attached hydrogen (secondary N) is 1. The molecule has 5 nitrogen and oxygen atoms in total. The van der Waals surface area contributed by atoms with E-state index in [0.29, 0.717) is 11.4 Å². The Morgan fingerprint density at radius 3 is 2.83 bits per heavy atom. The number of fused-ring (bicyclic) bond motifs is 1. The smallest absolute Gasteiger partial charge is 0.167 e. The van der Waals surface area contributed by atoms with Crippen LogP contribution in [0.15, 0.2) is 49.1 Å². The zero-order valence-electron chi connectivity index (χ0n) is 11.8. The van der Waals surface area contributed by atoms with Crippen molar-refractivity contribution in [3.05, 3.63) is 54.9 Å². The van der Waals surface area contributed by atoms with E-state index < -0.39 is 5.82 Å². The zero-order chi connectivity index (χ0) is 15.8. The molecule has 4 rings (SSSR count). The van der Waals surface area contributed by atoms with Crippen LogP contribution in [0.3, 0.4) is 0 Å². The number of rotatable bonds is 3. The summed E-state index contributed by atoms with van der Waals surface area (Å²) < 4.78 is 20.5. The molecule has 3 N–H and O–H groups in total. The van der Waals surface area contributed by atoms with E-state index in [1.807, 2.05) is 12.3 Å². The summed E-state index contributed by atoms with van der Waals surface area (Å²) in [5, 5.41) is 0. The standard InChI is InChI=1S/C16H11FN4OS/c17-10-5-9(18)1-2-13(10)22-14-3-4-20-11-6-15(23-16(11)14)12-7-19-8-21-12/h1-8H,18H2,(H,19,21). The molecule has 0 aliphatic rings. The van der Waals surface area contributed by atoms with Gasteiger partial charge in [0.2, 0.25) is 0 Å². The first-order valence-electron chi connectivity index (χ1n) is 6.81. The number of ether oxygens (including phenoxy) is 1. The van der Waals surface area contributed by atoms with Gasteiger partial charge in [0.05, 0.1) is 27.1 Å². The van der Waals surface area contributed by atoms with Gasteiger partial charge in [-0.1, -0.05) is 0 Å². The lowest BCUT2D eigenvalue weighted by atomic mass is 10.3. The Morgan fingerprint density at radius 2 is 2.04 bits per heavy atom. The fourth-order valence-corrected chi connectivity index (χ4v) is 3.27. The summed E-state index contributed by atoms with van der Waals surface area (Å²) in [6, 6.07) is 7.99. The predicted octanol–water partition coefficient (Wildman–Crippen LogP) is 4.20. The topological polar surface area (TPSA) is 76.8 Å². The average molecular weight is 326 g/mol. The molecule has 0 saturated heterocycles. The van der Waals surface area contributed by atoms with E-state index in [-0.39, 0.29) is 5.75 Å². The van der Waals surface area contributed by atoms with Crippen LogP contribution >= 0.6 is 11.3 Å². The van der Waals surface area contributed by atoms with E-state index >= 15 is 0 Å². The van der Waals surface area contributed by atoms with Gasteiger partial charge in [-0.3, -0.25) is 4.98 Å². The summed E-state index contributed by atoms with van der Waals surface area (Å²) in [4.78, 5) is 12.4. The molecule has 23 heavy (non-hydrogen) atoms. The molecule has 0 fully saturated rings. The fourth-order valence-electron chi connectivity index (χ4n) is 2.23. The fraction of sp³-hybridized carbons (Fsp3) is 0. The Hall–Kier alpha value is -2.93. The molecule has 1 aromatic carbocycles. The van der Waals surface area contributed by atoms with E-state index in [0.717, 1.165) is 20.8 Å². The highest BCUT2D eigenvalue weighted by Gasteiger charge is 2.13. The van der Waals surface area contributed by atoms with Gasteiger partial charge in [0.1, 0.15) is 5.75 Å². The quantitative estimate of drug-likeness (QED) is 0.553. The predicted molar refractivity (Wildman–Crippen MR) is 88.1 cm³/mol. The number of nitrogens with zero attached hydrogens (tertiary/aromatic N) is 2. The van der Waals surface area contributed by atoms with Gasteiger partial charge < -0.3 is 15.5 Å². The lowest BCUT2D eigenvalue weighted by Crippen LogP contribution is -1.91. The molecule has 114 valence electrons. The SMILES string of the molecule is Nc1ccc(Oc2ccnc3cc(-c4c[nH]cn4)sc23)c(F)c1. The van der Waals surface area contributed by atoms with Crippen LogP contribution in [-0.4, -0.2) is 15.0 Å². The average Bonchev–Trinajstić information content (AvgIpc) is 3.18. The van der Waals surface area contributed by atoms with Crippen LogP contribution in [0.5, 0.6) is 11.5 Å². The van der Waals surface area contributed by atoms with Crippen molar-refractivity contribution in [2.75, 3.05) is 5.73 Å². The third-order valence-corrected chi connectivity index (χ3v) is 4.46. The molecule has 3 heterocycles. The molecule has 0 saturated carbocycles. The van der Waals surface area contributed by atoms with E-state index in [1.54, 1.807) is 24.7 Å². The minimum atomic E-state index is -0.501. The van der Waals surface area contributed by atoms with Gasteiger partial charge in [-0.25, -0.2) is 9.37 Å². The first-order chi connectivity index (χ1) is 11.2. The van der Waals surface area contributed by atoms with Gasteiger partial charge in [-0.15, -0.1) is 11.3 Å². The normalized spacial score (nSPS) is 11.0. The monoisotopic (exact) mass is 326 g/mol. The summed E-state index contributed by atoms with van der Waals surface area (Å²) in [7, 11) is 0. The summed E-state index contributed by atoms with van der Waals surface area (Å²) >= 11 is 1.49. The molecule has 0 amide bonds. The van der Waals surface area contributed by atoms with E-state index in [9.17, 15) is 4.39 Å². The number of imidazole rings is 1. The number of anilines is 1. The third-order valence-electron chi connectivity index (χ3n) is 3.30. The van der Waals surface area contributed by atoms with Crippen LogP contribution in [0.4, 0.5) is 10.1 Å². The van der Waals surface area contributed by atoms with Crippen molar-refractivity contribution < 1.29 is 9.13 Å². The Balaban J connectivity index is 1.78. The number of hydrogen-bond donors (Lipinski definition) is 2. The Labute approximate surface area is 134 Å². The molecular formula is C16H11FN4OS. The van der Waals surface area contributed by atoms with Gasteiger partial charge in [-0.05, 0) is 18.2 Å². The number of nitrogens with two attached hydrogens (primary N) is 1. The molecular weight excluding hydrogens is 315 g/mol. The van der Waals surface area contributed by atoms with Gasteiger partial charge in [0.25, 0.3) is 0 Å². The maximum absolute atomic E-state index is 13.9. The highest BCUT2D eigenvalue weighted by molar-refractivity contribution is 7.22. The molecule has 4 aromatic rings. The van der Waals surface area contributed by atoms with Crippen molar-refractivity contribution in [3.63, 3.8) is 0 Å². The first-order valence-corrected chi connectivity index (χ1v) is 7.63. The number of H-pyrrole nitrogens is 1. The molecule has 0 radical (unpaired) electrons. The molecule has 0 aliphatic carbocycles. The number of thiophene rings is 1. The van der Waals surface area contributed by atoms with Crippen LogP contribution in [-0.2, 0) is 0 Å². The maximum atomic E-state index is 13.9. The highest BCUT2D eigenvalue weighted by Crippen LogP contribution is 2.38. The van der Waals surface area contributed by atoms with Crippen molar-refractivity contribution in [1.82, 2.24) is 15.0 Å². The summed E-state index contributed by atoms with van der Waals surface area (Å²) in [6.45, 7) is 0. The minimum absolute atomic E-state index is 0.126. The van der Waals surface area contributed by atoms with Crippen LogP contribution in [0.2, 0.25) is 0 Å². The lowest BCUT2D eigenvalue weighted by molar-refractivity contribution is 0.447. The molecule has 7 heteroatoms. The number of pyridine rings is 1. The molecule has 0 atom stereocenters. The maximum Gasteiger partial charge on any atom is 0.167 e. The second kappa shape index (κ2) is 5.36. The van der Waals surface area contributed by atoms with Crippen LogP contribution in [0.1, 0.15) is 0 Å². The summed E-state index contributed by atoms with van der Waals surface area (Å²) in [5.41, 5.74) is 7.52. The van der Waals surface area contributed by atoms with Crippen molar-refractivity contribution in [1.29, 1.82) is 0 Å². The Kier molecular flexibility index (Phi) is 3.20. The first kappa shape index (κ1) is 13.7. The largest absolute Gasteiger partial charge is 0.453 e. The van der Waals surface area contributed by atoms with Crippen LogP contribution < -0.4 is 10.5 Å². The van der Waals surface area contributed by atoms with Crippen LogP contribution in [0, 0.1) is 5.82 Å². The molecule has 0 unspecified atom stereocenters. The second-order valence-corrected chi connectivity index (χ2v) is 5.93. The number of nitrogen functional groups attached to an aromatic ring is 1. The summed E-state index contributed by atoms with van der Waals surface area (Å²) in [5.74, 6) is 0.172. The zero-order valence-corrected chi connectivity index (χ0v) is 12.6. The van der Waals surface area contributed by atoms with E-state index in [4.69, 9.17) is 10.5 Å². The molecule has 0 spiro atoms. The van der Waals surface area contributed by atoms with E-state index in [1.165, 1.54) is 23.5 Å². The third kappa shape index (κ3) is 2.51. The number of benzene rings is 1. The number of aromatic amines is 1. The molecule has 0 aliphatic heterocycles. The van der Waals surface area contributed by atoms with E-state index in [2.05, 4.69) is 15.0 Å². The van der Waals surface area contributed by atoms with Crippen molar-refractivity contribution in [3.8, 4) is 22.1 Å². The van der Waals surface area contributed by atoms with Crippen LogP contribution in [0.25, 0.3) is 20.8 Å². The van der Waals surface area contributed by atoms with Crippen molar-refractivity contribution >= 4 is 27.2 Å². The minimum Gasteiger partial charge on any atom is -0.453 e. The number of aromatic nitrogens is 3. The molecule has 3 aromatic heterocycles. The lowest BCUT2D eigenvalue weighted by Gasteiger charge is -2.07. The molecule has 0 bridgehead atoms. The van der Waals surface area contributed by atoms with Gasteiger partial charge >= 0.3 is 0 Å². The second-order valence-electron chi connectivity index (χ2n) is 4.88. The highest BCUT2D eigenvalue weighted by atomic mass is 32.1. The van der Waals surface area contributed by atoms with Gasteiger partial charge in [0, 0.05) is 30.2 Å². The number of hydrogen-bond acceptors (Lipinski definition) is 5. The van der Waals surface area contributed by atoms with Gasteiger partial charge in [-0.2, -0.15) is 0 Å². The Morgan fingerprint density at radius 1 is 1.13 bits per heavy atom. The van der Waals surface area contributed by atoms with Crippen molar-refractivity contribution in [2.45, 2.75) is 0 Å². The summed E-state index contributed by atoms with van der Waals surface area (Å²) in [6.07, 6.45) is 5.06. The van der Waals surface area contributed by atoms with Gasteiger partial charge in [0.15, 0.2) is 11.6 Å². The number of halogens is 1.